The van der Waals surface area contributed by atoms with E-state index in [1.165, 1.54) is 11.3 Å². The molecule has 1 unspecified atom stereocenters. The second-order valence-corrected chi connectivity index (χ2v) is 7.06. The zero-order valence-corrected chi connectivity index (χ0v) is 16.5. The van der Waals surface area contributed by atoms with Crippen molar-refractivity contribution in [2.75, 3.05) is 6.61 Å². The van der Waals surface area contributed by atoms with E-state index >= 15 is 0 Å². The number of pyridine rings is 1. The Morgan fingerprint density at radius 3 is 2.70 bits per heavy atom. The summed E-state index contributed by atoms with van der Waals surface area (Å²) in [6.07, 6.45) is 0.510. The number of aromatic nitrogens is 2. The number of thiazole rings is 1. The molecule has 8 heteroatoms. The van der Waals surface area contributed by atoms with Gasteiger partial charge in [-0.1, -0.05) is 48.1 Å². The van der Waals surface area contributed by atoms with E-state index < -0.39 is 11.9 Å². The fourth-order valence-electron chi connectivity index (χ4n) is 2.74. The van der Waals surface area contributed by atoms with Crippen molar-refractivity contribution in [3.05, 3.63) is 58.1 Å². The summed E-state index contributed by atoms with van der Waals surface area (Å²) >= 11 is 7.21. The fraction of sp³-hybridized carbons (Fsp3) is 0.263. The number of rotatable bonds is 5. The van der Waals surface area contributed by atoms with Gasteiger partial charge in [0.15, 0.2) is 4.80 Å². The number of nitrogens with zero attached hydrogens (tertiary/aromatic N) is 3. The van der Waals surface area contributed by atoms with Gasteiger partial charge < -0.3 is 9.30 Å². The Kier molecular flexibility index (Phi) is 6.03. The summed E-state index contributed by atoms with van der Waals surface area (Å²) in [7, 11) is 0. The maximum Gasteiger partial charge on any atom is 0.329 e. The van der Waals surface area contributed by atoms with Crippen molar-refractivity contribution >= 4 is 45.0 Å². The second-order valence-electron chi connectivity index (χ2n) is 5.66. The van der Waals surface area contributed by atoms with Crippen LogP contribution in [0.2, 0.25) is 5.15 Å². The smallest absolute Gasteiger partial charge is 0.329 e. The third-order valence-electron chi connectivity index (χ3n) is 3.92. The van der Waals surface area contributed by atoms with Gasteiger partial charge in [0.1, 0.15) is 16.9 Å². The number of fused-ring (bicyclic) bond motifs is 1. The third kappa shape index (κ3) is 4.09. The summed E-state index contributed by atoms with van der Waals surface area (Å²) in [5, 5.41) is 0.221. The number of halogens is 1. The van der Waals surface area contributed by atoms with Crippen molar-refractivity contribution in [3.63, 3.8) is 0 Å². The van der Waals surface area contributed by atoms with Crippen LogP contribution in [0.3, 0.4) is 0 Å². The molecule has 140 valence electrons. The van der Waals surface area contributed by atoms with E-state index in [2.05, 4.69) is 9.98 Å². The number of esters is 1. The Labute approximate surface area is 165 Å². The molecule has 2 heterocycles. The molecule has 27 heavy (non-hydrogen) atoms. The van der Waals surface area contributed by atoms with Gasteiger partial charge in [0.05, 0.1) is 16.8 Å². The number of hydrogen-bond donors (Lipinski definition) is 0. The molecule has 0 spiro atoms. The molecular formula is C19H18ClN3O3S. The van der Waals surface area contributed by atoms with E-state index in [1.807, 2.05) is 31.2 Å². The van der Waals surface area contributed by atoms with E-state index in [9.17, 15) is 9.59 Å². The summed E-state index contributed by atoms with van der Waals surface area (Å²) in [4.78, 5) is 33.7. The Balaban J connectivity index is 2.17. The quantitative estimate of drug-likeness (QED) is 0.476. The van der Waals surface area contributed by atoms with Gasteiger partial charge in [-0.2, -0.15) is 4.99 Å². The molecule has 1 aromatic carbocycles. The van der Waals surface area contributed by atoms with Gasteiger partial charge in [-0.3, -0.25) is 4.79 Å². The highest BCUT2D eigenvalue weighted by atomic mass is 35.5. The summed E-state index contributed by atoms with van der Waals surface area (Å²) < 4.78 is 7.90. The first-order valence-electron chi connectivity index (χ1n) is 8.53. The lowest BCUT2D eigenvalue weighted by molar-refractivity contribution is -0.147. The minimum Gasteiger partial charge on any atom is -0.464 e. The Hall–Kier alpha value is -2.51. The van der Waals surface area contributed by atoms with Crippen LogP contribution in [-0.4, -0.2) is 28.0 Å². The minimum atomic E-state index is -0.569. The van der Waals surface area contributed by atoms with Crippen LogP contribution in [0.1, 0.15) is 36.8 Å². The number of carbonyl (C=O) groups excluding carboxylic acids is 2. The van der Waals surface area contributed by atoms with Crippen molar-refractivity contribution in [1.82, 2.24) is 9.55 Å². The monoisotopic (exact) mass is 403 g/mol. The normalized spacial score (nSPS) is 12.9. The molecule has 0 aliphatic heterocycles. The molecule has 0 radical (unpaired) electrons. The Bertz CT molecular complexity index is 1060. The molecule has 6 nitrogen and oxygen atoms in total. The fourth-order valence-corrected chi connectivity index (χ4v) is 3.97. The van der Waals surface area contributed by atoms with Gasteiger partial charge in [0.25, 0.3) is 5.91 Å². The topological polar surface area (TPSA) is 73.6 Å². The first kappa shape index (κ1) is 19.3. The minimum absolute atomic E-state index is 0.149. The predicted molar refractivity (Wildman–Crippen MR) is 105 cm³/mol. The molecular weight excluding hydrogens is 386 g/mol. The van der Waals surface area contributed by atoms with E-state index in [0.717, 1.165) is 10.2 Å². The molecule has 0 N–H and O–H groups in total. The molecule has 3 rings (SSSR count). The number of amides is 1. The Morgan fingerprint density at radius 2 is 2.00 bits per heavy atom. The molecule has 0 saturated heterocycles. The van der Waals surface area contributed by atoms with Crippen molar-refractivity contribution < 1.29 is 14.3 Å². The molecule has 1 atom stereocenters. The molecule has 1 amide bonds. The number of carbonyl (C=O) groups is 2. The van der Waals surface area contributed by atoms with Gasteiger partial charge >= 0.3 is 5.97 Å². The second kappa shape index (κ2) is 8.45. The summed E-state index contributed by atoms with van der Waals surface area (Å²) in [5.74, 6) is -0.866. The van der Waals surface area contributed by atoms with Crippen molar-refractivity contribution in [2.24, 2.45) is 4.99 Å². The Morgan fingerprint density at radius 1 is 1.22 bits per heavy atom. The van der Waals surface area contributed by atoms with E-state index in [4.69, 9.17) is 16.3 Å². The molecule has 0 aliphatic rings. The van der Waals surface area contributed by atoms with Crippen molar-refractivity contribution in [2.45, 2.75) is 26.3 Å². The lowest BCUT2D eigenvalue weighted by atomic mass is 10.2. The highest BCUT2D eigenvalue weighted by molar-refractivity contribution is 7.16. The van der Waals surface area contributed by atoms with Crippen LogP contribution in [0.4, 0.5) is 0 Å². The molecule has 2 aromatic heterocycles. The average molecular weight is 404 g/mol. The summed E-state index contributed by atoms with van der Waals surface area (Å²) in [6, 6.07) is 11.8. The van der Waals surface area contributed by atoms with Gasteiger partial charge in [-0.15, -0.1) is 0 Å². The zero-order valence-electron chi connectivity index (χ0n) is 14.9. The molecule has 3 aromatic rings. The molecule has 0 bridgehead atoms. The zero-order chi connectivity index (χ0) is 19.4. The maximum atomic E-state index is 12.6. The third-order valence-corrected chi connectivity index (χ3v) is 5.17. The molecule has 0 saturated carbocycles. The van der Waals surface area contributed by atoms with Crippen LogP contribution in [0.25, 0.3) is 10.2 Å². The van der Waals surface area contributed by atoms with E-state index in [1.54, 1.807) is 29.7 Å². The highest BCUT2D eigenvalue weighted by Crippen LogP contribution is 2.23. The standard InChI is InChI=1S/C19H18ClN3O3S/c1-3-13(18(25)26-4-2)23-14-9-5-6-10-15(14)27-19(23)22-17(24)12-8-7-11-16(20)21-12/h5-11,13H,3-4H2,1-2H3. The van der Waals surface area contributed by atoms with Gasteiger partial charge in [0.2, 0.25) is 0 Å². The average Bonchev–Trinajstić information content (AvgIpc) is 3.01. The summed E-state index contributed by atoms with van der Waals surface area (Å²) in [5.41, 5.74) is 0.976. The first-order valence-corrected chi connectivity index (χ1v) is 9.73. The van der Waals surface area contributed by atoms with Gasteiger partial charge in [-0.05, 0) is 37.6 Å². The number of benzene rings is 1. The number of ether oxygens (including phenoxy) is 1. The SMILES string of the molecule is CCOC(=O)C(CC)n1c(=NC(=O)c2cccc(Cl)n2)sc2ccccc21. The van der Waals surface area contributed by atoms with E-state index in [-0.39, 0.29) is 23.4 Å². The van der Waals surface area contributed by atoms with E-state index in [0.29, 0.717) is 11.2 Å². The van der Waals surface area contributed by atoms with Crippen LogP contribution in [-0.2, 0) is 9.53 Å². The lowest BCUT2D eigenvalue weighted by Crippen LogP contribution is -2.29. The highest BCUT2D eigenvalue weighted by Gasteiger charge is 2.24. The molecule has 0 aliphatic carbocycles. The summed E-state index contributed by atoms with van der Waals surface area (Å²) in [6.45, 7) is 3.95. The van der Waals surface area contributed by atoms with Crippen LogP contribution in [0, 0.1) is 0 Å². The number of para-hydroxylation sites is 1. The van der Waals surface area contributed by atoms with Gasteiger partial charge in [0, 0.05) is 0 Å². The molecule has 0 fully saturated rings. The van der Waals surface area contributed by atoms with Crippen molar-refractivity contribution in [3.8, 4) is 0 Å². The van der Waals surface area contributed by atoms with Gasteiger partial charge in [-0.25, -0.2) is 9.78 Å². The number of hydrogen-bond acceptors (Lipinski definition) is 5. The van der Waals surface area contributed by atoms with Crippen LogP contribution in [0.15, 0.2) is 47.5 Å². The largest absolute Gasteiger partial charge is 0.464 e. The van der Waals surface area contributed by atoms with Crippen LogP contribution >= 0.6 is 22.9 Å². The van der Waals surface area contributed by atoms with Crippen LogP contribution in [0.5, 0.6) is 0 Å². The maximum absolute atomic E-state index is 12.6. The lowest BCUT2D eigenvalue weighted by Gasteiger charge is -2.16. The van der Waals surface area contributed by atoms with Crippen molar-refractivity contribution in [1.29, 1.82) is 0 Å². The predicted octanol–water partition coefficient (Wildman–Crippen LogP) is 4.01. The first-order chi connectivity index (χ1) is 13.0. The van der Waals surface area contributed by atoms with Crippen LogP contribution < -0.4 is 4.80 Å².